The first-order valence-electron chi connectivity index (χ1n) is 25.8. The first-order chi connectivity index (χ1) is 29.0. The first-order valence-corrected chi connectivity index (χ1v) is 25.8. The molecule has 0 fully saturated rings. The predicted octanol–water partition coefficient (Wildman–Crippen LogP) is 15.3. The summed E-state index contributed by atoms with van der Waals surface area (Å²) in [6, 6.07) is -0.649. The topological polar surface area (TPSA) is 95.9 Å². The average molecular weight is 830 g/mol. The molecule has 0 rings (SSSR count). The van der Waals surface area contributed by atoms with Crippen LogP contribution in [0, 0.1) is 0 Å². The Kier molecular flexibility index (Phi) is 47.2. The molecule has 6 heteroatoms. The lowest BCUT2D eigenvalue weighted by atomic mass is 10.0. The molecule has 3 N–H and O–H groups in total. The molecule has 0 aliphatic rings. The van der Waals surface area contributed by atoms with E-state index in [0.717, 1.165) is 83.5 Å². The van der Waals surface area contributed by atoms with Gasteiger partial charge in [0.2, 0.25) is 5.91 Å². The summed E-state index contributed by atoms with van der Waals surface area (Å²) in [6.07, 6.45) is 58.6. The number of nitrogens with one attached hydrogen (secondary N) is 1. The van der Waals surface area contributed by atoms with E-state index in [0.29, 0.717) is 19.4 Å². The molecule has 0 aliphatic heterocycles. The van der Waals surface area contributed by atoms with E-state index in [9.17, 15) is 19.8 Å². The van der Waals surface area contributed by atoms with Crippen molar-refractivity contribution in [3.05, 3.63) is 36.5 Å². The van der Waals surface area contributed by atoms with Gasteiger partial charge < -0.3 is 20.3 Å². The minimum Gasteiger partial charge on any atom is -0.466 e. The second-order valence-corrected chi connectivity index (χ2v) is 17.5. The fraction of sp³-hybridized carbons (Fsp3) is 0.849. The van der Waals surface area contributed by atoms with Crippen LogP contribution in [0.3, 0.4) is 0 Å². The van der Waals surface area contributed by atoms with Gasteiger partial charge in [0.1, 0.15) is 0 Å². The molecule has 0 spiro atoms. The third kappa shape index (κ3) is 45.4. The zero-order valence-electron chi connectivity index (χ0n) is 39.2. The largest absolute Gasteiger partial charge is 0.466 e. The summed E-state index contributed by atoms with van der Waals surface area (Å²) in [4.78, 5) is 24.4. The van der Waals surface area contributed by atoms with Crippen LogP contribution in [0.15, 0.2) is 36.5 Å². The number of aliphatic hydroxyl groups is 2. The fourth-order valence-electron chi connectivity index (χ4n) is 7.62. The van der Waals surface area contributed by atoms with Crippen LogP contribution < -0.4 is 5.32 Å². The van der Waals surface area contributed by atoms with Gasteiger partial charge in [-0.05, 0) is 83.5 Å². The van der Waals surface area contributed by atoms with Crippen molar-refractivity contribution in [3.8, 4) is 0 Å². The highest BCUT2D eigenvalue weighted by atomic mass is 16.5. The van der Waals surface area contributed by atoms with Gasteiger partial charge in [0, 0.05) is 12.8 Å². The van der Waals surface area contributed by atoms with Gasteiger partial charge in [0.15, 0.2) is 0 Å². The zero-order valence-corrected chi connectivity index (χ0v) is 39.2. The maximum Gasteiger partial charge on any atom is 0.305 e. The highest BCUT2D eigenvalue weighted by Crippen LogP contribution is 2.15. The minimum atomic E-state index is -0.863. The van der Waals surface area contributed by atoms with Gasteiger partial charge in [-0.3, -0.25) is 9.59 Å². The monoisotopic (exact) mass is 830 g/mol. The van der Waals surface area contributed by atoms with Crippen molar-refractivity contribution in [2.24, 2.45) is 0 Å². The smallest absolute Gasteiger partial charge is 0.305 e. The van der Waals surface area contributed by atoms with Crippen LogP contribution in [0.5, 0.6) is 0 Å². The first kappa shape index (κ1) is 57.1. The predicted molar refractivity (Wildman–Crippen MR) is 255 cm³/mol. The van der Waals surface area contributed by atoms with E-state index in [1.807, 2.05) is 6.08 Å². The van der Waals surface area contributed by atoms with Gasteiger partial charge in [-0.1, -0.05) is 204 Å². The third-order valence-corrected chi connectivity index (χ3v) is 11.6. The van der Waals surface area contributed by atoms with Crippen LogP contribution in [0.25, 0.3) is 0 Å². The molecule has 0 saturated carbocycles. The molecule has 0 aromatic heterocycles. The molecule has 346 valence electrons. The third-order valence-electron chi connectivity index (χ3n) is 11.6. The van der Waals surface area contributed by atoms with Crippen LogP contribution in [0.4, 0.5) is 0 Å². The minimum absolute atomic E-state index is 0.0427. The molecule has 59 heavy (non-hydrogen) atoms. The summed E-state index contributed by atoms with van der Waals surface area (Å²) in [5, 5.41) is 23.1. The molecule has 0 radical (unpaired) electrons. The number of allylic oxidation sites excluding steroid dienone is 5. The van der Waals surface area contributed by atoms with E-state index in [1.165, 1.54) is 154 Å². The standard InChI is InChI=1S/C53H99NO5/c1-3-5-7-9-11-13-15-17-18-19-20-21-23-25-29-33-37-41-45-51(56)50(49-55)54-52(57)46-42-38-34-30-26-24-28-32-36-40-44-48-59-53(58)47-43-39-35-31-27-22-16-14-12-10-8-6-4-2/h14,16,28,32,41,45,50-51,55-56H,3-13,15,17-27,29-31,33-40,42-44,46-49H2,1-2H3,(H,54,57)/b16-14-,32-28-,45-41+. The summed E-state index contributed by atoms with van der Waals surface area (Å²) >= 11 is 0. The number of ether oxygens (including phenoxy) is 1. The highest BCUT2D eigenvalue weighted by molar-refractivity contribution is 5.76. The highest BCUT2D eigenvalue weighted by Gasteiger charge is 2.18. The Morgan fingerprint density at radius 3 is 1.22 bits per heavy atom. The van der Waals surface area contributed by atoms with Crippen molar-refractivity contribution in [2.75, 3.05) is 13.2 Å². The Hall–Kier alpha value is -1.92. The van der Waals surface area contributed by atoms with Gasteiger partial charge in [-0.2, -0.15) is 0 Å². The second-order valence-electron chi connectivity index (χ2n) is 17.5. The Morgan fingerprint density at radius 2 is 0.797 bits per heavy atom. The zero-order chi connectivity index (χ0) is 43.0. The van der Waals surface area contributed by atoms with E-state index in [-0.39, 0.29) is 18.5 Å². The van der Waals surface area contributed by atoms with Gasteiger partial charge in [-0.15, -0.1) is 0 Å². The molecule has 0 aliphatic carbocycles. The maximum atomic E-state index is 12.4. The van der Waals surface area contributed by atoms with Crippen LogP contribution in [0.1, 0.15) is 264 Å². The molecule has 1 amide bonds. The van der Waals surface area contributed by atoms with Crippen molar-refractivity contribution in [2.45, 2.75) is 276 Å². The summed E-state index contributed by atoms with van der Waals surface area (Å²) in [6.45, 7) is 4.80. The van der Waals surface area contributed by atoms with Crippen molar-refractivity contribution in [3.63, 3.8) is 0 Å². The Labute approximate surface area is 366 Å². The summed E-state index contributed by atoms with van der Waals surface area (Å²) in [5.41, 5.74) is 0. The Balaban J connectivity index is 3.57. The Morgan fingerprint density at radius 1 is 0.458 bits per heavy atom. The molecule has 0 bridgehead atoms. The molecule has 6 nitrogen and oxygen atoms in total. The Bertz CT molecular complexity index is 962. The van der Waals surface area contributed by atoms with E-state index in [4.69, 9.17) is 4.74 Å². The van der Waals surface area contributed by atoms with Gasteiger partial charge in [0.05, 0.1) is 25.4 Å². The lowest BCUT2D eigenvalue weighted by Gasteiger charge is -2.20. The van der Waals surface area contributed by atoms with E-state index in [1.54, 1.807) is 6.08 Å². The molecule has 0 saturated heterocycles. The number of hydrogen-bond acceptors (Lipinski definition) is 5. The van der Waals surface area contributed by atoms with Crippen LogP contribution in [-0.4, -0.2) is 47.4 Å². The van der Waals surface area contributed by atoms with E-state index in [2.05, 4.69) is 43.5 Å². The van der Waals surface area contributed by atoms with E-state index >= 15 is 0 Å². The lowest BCUT2D eigenvalue weighted by molar-refractivity contribution is -0.143. The number of aliphatic hydroxyl groups excluding tert-OH is 2. The van der Waals surface area contributed by atoms with Crippen molar-refractivity contribution in [1.29, 1.82) is 0 Å². The lowest BCUT2D eigenvalue weighted by Crippen LogP contribution is -2.45. The molecule has 2 atom stereocenters. The normalized spacial score (nSPS) is 12.9. The number of unbranched alkanes of at least 4 members (excludes halogenated alkanes) is 32. The number of rotatable bonds is 47. The quantitative estimate of drug-likeness (QED) is 0.0323. The summed E-state index contributed by atoms with van der Waals surface area (Å²) in [7, 11) is 0. The van der Waals surface area contributed by atoms with Crippen LogP contribution in [-0.2, 0) is 14.3 Å². The van der Waals surface area contributed by atoms with Gasteiger partial charge in [0.25, 0.3) is 0 Å². The number of carbonyl (C=O) groups is 2. The summed E-state index contributed by atoms with van der Waals surface area (Å²) < 4.78 is 5.42. The molecule has 2 unspecified atom stereocenters. The number of amides is 1. The molecule has 0 heterocycles. The van der Waals surface area contributed by atoms with Gasteiger partial charge >= 0.3 is 5.97 Å². The van der Waals surface area contributed by atoms with Crippen LogP contribution in [0.2, 0.25) is 0 Å². The van der Waals surface area contributed by atoms with Crippen molar-refractivity contribution in [1.82, 2.24) is 5.32 Å². The van der Waals surface area contributed by atoms with E-state index < -0.39 is 12.1 Å². The maximum absolute atomic E-state index is 12.4. The molecule has 0 aromatic carbocycles. The number of esters is 1. The summed E-state index contributed by atoms with van der Waals surface area (Å²) in [5.74, 6) is -0.140. The number of hydrogen-bond donors (Lipinski definition) is 3. The molecular weight excluding hydrogens is 731 g/mol. The fourth-order valence-corrected chi connectivity index (χ4v) is 7.62. The molecular formula is C53H99NO5. The molecule has 0 aromatic rings. The van der Waals surface area contributed by atoms with Crippen LogP contribution >= 0.6 is 0 Å². The average Bonchev–Trinajstić information content (AvgIpc) is 3.24. The van der Waals surface area contributed by atoms with Crippen molar-refractivity contribution < 1.29 is 24.5 Å². The second kappa shape index (κ2) is 48.7. The SMILES string of the molecule is CCCCCC/C=C\CCCCCCCC(=O)OCCCC/C=C\CCCCCCCC(=O)NC(CO)C(O)/C=C/CCCCCCCCCCCCCCCCCC. The van der Waals surface area contributed by atoms with Gasteiger partial charge in [-0.25, -0.2) is 0 Å². The number of carbonyl (C=O) groups excluding carboxylic acids is 2. The van der Waals surface area contributed by atoms with Crippen molar-refractivity contribution >= 4 is 11.9 Å².